The second-order valence-corrected chi connectivity index (χ2v) is 4.52. The van der Waals surface area contributed by atoms with Crippen LogP contribution in [0.5, 0.6) is 5.75 Å². The molecule has 0 aliphatic carbocycles. The molecule has 1 atom stereocenters. The third kappa shape index (κ3) is 4.37. The summed E-state index contributed by atoms with van der Waals surface area (Å²) in [6.07, 6.45) is 2.61. The summed E-state index contributed by atoms with van der Waals surface area (Å²) in [5.74, 6) is 0.879. The smallest absolute Gasteiger partial charge is 0.223 e. The molecule has 1 amide bonds. The van der Waals surface area contributed by atoms with Gasteiger partial charge in [-0.05, 0) is 31.5 Å². The first-order valence-corrected chi connectivity index (χ1v) is 6.52. The molecule has 18 heavy (non-hydrogen) atoms. The molecular weight excluding hydrogens is 228 g/mol. The molecule has 0 saturated carbocycles. The van der Waals surface area contributed by atoms with E-state index in [-0.39, 0.29) is 11.9 Å². The topological polar surface area (TPSA) is 50.4 Å². The Morgan fingerprint density at radius 3 is 2.94 bits per heavy atom. The van der Waals surface area contributed by atoms with Crippen molar-refractivity contribution in [2.45, 2.75) is 25.3 Å². The number of hydrogen-bond donors (Lipinski definition) is 2. The summed E-state index contributed by atoms with van der Waals surface area (Å²) in [5, 5.41) is 6.30. The van der Waals surface area contributed by atoms with Crippen molar-refractivity contribution >= 4 is 5.91 Å². The number of nitrogens with one attached hydrogen (secondary N) is 2. The van der Waals surface area contributed by atoms with Gasteiger partial charge in [0.1, 0.15) is 5.75 Å². The van der Waals surface area contributed by atoms with E-state index in [9.17, 15) is 4.79 Å². The molecule has 0 radical (unpaired) electrons. The van der Waals surface area contributed by atoms with Gasteiger partial charge in [-0.25, -0.2) is 0 Å². The van der Waals surface area contributed by atoms with Gasteiger partial charge < -0.3 is 15.4 Å². The average molecular weight is 248 g/mol. The Bertz CT molecular complexity index is 361. The fourth-order valence-corrected chi connectivity index (χ4v) is 2.05. The highest BCUT2D eigenvalue weighted by Gasteiger charge is 2.14. The van der Waals surface area contributed by atoms with Gasteiger partial charge in [0.2, 0.25) is 5.91 Å². The molecule has 1 heterocycles. The van der Waals surface area contributed by atoms with Gasteiger partial charge in [-0.1, -0.05) is 18.2 Å². The van der Waals surface area contributed by atoms with Crippen LogP contribution in [0.1, 0.15) is 19.3 Å². The van der Waals surface area contributed by atoms with Crippen LogP contribution in [0.2, 0.25) is 0 Å². The molecule has 0 unspecified atom stereocenters. The number of para-hydroxylation sites is 1. The van der Waals surface area contributed by atoms with Crippen LogP contribution in [0.15, 0.2) is 30.3 Å². The molecule has 1 aromatic rings. The zero-order chi connectivity index (χ0) is 12.6. The molecule has 0 aromatic heterocycles. The molecule has 0 spiro atoms. The molecule has 1 aliphatic heterocycles. The van der Waals surface area contributed by atoms with Crippen LogP contribution in [0.25, 0.3) is 0 Å². The Labute approximate surface area is 108 Å². The van der Waals surface area contributed by atoms with Crippen molar-refractivity contribution in [3.8, 4) is 5.75 Å². The van der Waals surface area contributed by atoms with E-state index in [1.807, 2.05) is 30.3 Å². The lowest BCUT2D eigenvalue weighted by atomic mass is 10.1. The summed E-state index contributed by atoms with van der Waals surface area (Å²) in [6.45, 7) is 2.37. The largest absolute Gasteiger partial charge is 0.493 e. The summed E-state index contributed by atoms with van der Waals surface area (Å²) in [6, 6.07) is 9.84. The standard InChI is InChI=1S/C14H20N2O2/c17-14(16-12-5-4-9-15-11-12)8-10-18-13-6-2-1-3-7-13/h1-3,6-7,12,15H,4-5,8-11H2,(H,16,17)/t12-/m0/s1. The zero-order valence-corrected chi connectivity index (χ0v) is 10.5. The maximum absolute atomic E-state index is 11.7. The molecule has 98 valence electrons. The number of hydrogen-bond acceptors (Lipinski definition) is 3. The van der Waals surface area contributed by atoms with E-state index in [1.54, 1.807) is 0 Å². The number of benzene rings is 1. The average Bonchev–Trinajstić information content (AvgIpc) is 2.41. The second-order valence-electron chi connectivity index (χ2n) is 4.52. The second kappa shape index (κ2) is 7.01. The minimum atomic E-state index is 0.0691. The van der Waals surface area contributed by atoms with Crippen molar-refractivity contribution in [1.82, 2.24) is 10.6 Å². The van der Waals surface area contributed by atoms with Crippen molar-refractivity contribution in [2.75, 3.05) is 19.7 Å². The minimum Gasteiger partial charge on any atom is -0.493 e. The van der Waals surface area contributed by atoms with E-state index in [4.69, 9.17) is 4.74 Å². The highest BCUT2D eigenvalue weighted by atomic mass is 16.5. The number of carbonyl (C=O) groups is 1. The lowest BCUT2D eigenvalue weighted by Crippen LogP contribution is -2.45. The first-order chi connectivity index (χ1) is 8.84. The Morgan fingerprint density at radius 2 is 2.22 bits per heavy atom. The van der Waals surface area contributed by atoms with Gasteiger partial charge in [-0.3, -0.25) is 4.79 Å². The van der Waals surface area contributed by atoms with E-state index >= 15 is 0 Å². The summed E-state index contributed by atoms with van der Waals surface area (Å²) < 4.78 is 5.49. The maximum Gasteiger partial charge on any atom is 0.223 e. The van der Waals surface area contributed by atoms with Crippen LogP contribution in [0, 0.1) is 0 Å². The Balaban J connectivity index is 1.62. The predicted molar refractivity (Wildman–Crippen MR) is 70.6 cm³/mol. The minimum absolute atomic E-state index is 0.0691. The fourth-order valence-electron chi connectivity index (χ4n) is 2.05. The SMILES string of the molecule is O=C(CCOc1ccccc1)N[C@H]1CCCNC1. The van der Waals surface area contributed by atoms with Crippen LogP contribution >= 0.6 is 0 Å². The van der Waals surface area contributed by atoms with E-state index < -0.39 is 0 Å². The number of piperidine rings is 1. The summed E-state index contributed by atoms with van der Waals surface area (Å²) in [5.41, 5.74) is 0. The summed E-state index contributed by atoms with van der Waals surface area (Å²) >= 11 is 0. The van der Waals surface area contributed by atoms with Crippen molar-refractivity contribution in [3.63, 3.8) is 0 Å². The van der Waals surface area contributed by atoms with E-state index in [0.717, 1.165) is 31.7 Å². The highest BCUT2D eigenvalue weighted by Crippen LogP contribution is 2.08. The van der Waals surface area contributed by atoms with Crippen molar-refractivity contribution < 1.29 is 9.53 Å². The van der Waals surface area contributed by atoms with Gasteiger partial charge in [0.15, 0.2) is 0 Å². The fraction of sp³-hybridized carbons (Fsp3) is 0.500. The molecule has 1 aliphatic rings. The van der Waals surface area contributed by atoms with Gasteiger partial charge in [-0.2, -0.15) is 0 Å². The van der Waals surface area contributed by atoms with Gasteiger partial charge in [0, 0.05) is 12.6 Å². The molecule has 2 N–H and O–H groups in total. The first kappa shape index (κ1) is 12.9. The molecule has 4 nitrogen and oxygen atoms in total. The van der Waals surface area contributed by atoms with Crippen molar-refractivity contribution in [2.24, 2.45) is 0 Å². The van der Waals surface area contributed by atoms with E-state index in [2.05, 4.69) is 10.6 Å². The van der Waals surface area contributed by atoms with Gasteiger partial charge in [-0.15, -0.1) is 0 Å². The van der Waals surface area contributed by atoms with Gasteiger partial charge >= 0.3 is 0 Å². The third-order valence-electron chi connectivity index (χ3n) is 3.00. The van der Waals surface area contributed by atoms with E-state index in [1.165, 1.54) is 0 Å². The third-order valence-corrected chi connectivity index (χ3v) is 3.00. The number of ether oxygens (including phenoxy) is 1. The summed E-state index contributed by atoms with van der Waals surface area (Å²) in [4.78, 5) is 11.7. The molecule has 0 bridgehead atoms. The molecule has 2 rings (SSSR count). The van der Waals surface area contributed by atoms with Crippen LogP contribution < -0.4 is 15.4 Å². The Kier molecular flexibility index (Phi) is 5.02. The predicted octanol–water partition coefficient (Wildman–Crippen LogP) is 1.32. The quantitative estimate of drug-likeness (QED) is 0.826. The lowest BCUT2D eigenvalue weighted by Gasteiger charge is -2.23. The van der Waals surface area contributed by atoms with E-state index in [0.29, 0.717) is 13.0 Å². The highest BCUT2D eigenvalue weighted by molar-refractivity contribution is 5.76. The molecule has 1 fully saturated rings. The maximum atomic E-state index is 11.7. The first-order valence-electron chi connectivity index (χ1n) is 6.52. The van der Waals surface area contributed by atoms with Crippen molar-refractivity contribution in [1.29, 1.82) is 0 Å². The molecular formula is C14H20N2O2. The number of amides is 1. The molecule has 4 heteroatoms. The number of carbonyl (C=O) groups excluding carboxylic acids is 1. The number of rotatable bonds is 5. The lowest BCUT2D eigenvalue weighted by molar-refractivity contribution is -0.122. The van der Waals surface area contributed by atoms with Crippen LogP contribution in [0.3, 0.4) is 0 Å². The van der Waals surface area contributed by atoms with Gasteiger partial charge in [0.25, 0.3) is 0 Å². The monoisotopic (exact) mass is 248 g/mol. The van der Waals surface area contributed by atoms with Crippen LogP contribution in [-0.4, -0.2) is 31.6 Å². The summed E-state index contributed by atoms with van der Waals surface area (Å²) in [7, 11) is 0. The molecule has 1 aromatic carbocycles. The Hall–Kier alpha value is -1.55. The van der Waals surface area contributed by atoms with Crippen LogP contribution in [-0.2, 0) is 4.79 Å². The normalized spacial score (nSPS) is 19.2. The van der Waals surface area contributed by atoms with Crippen molar-refractivity contribution in [3.05, 3.63) is 30.3 Å². The van der Waals surface area contributed by atoms with Gasteiger partial charge in [0.05, 0.1) is 13.0 Å². The van der Waals surface area contributed by atoms with Crippen LogP contribution in [0.4, 0.5) is 0 Å². The Morgan fingerprint density at radius 1 is 1.39 bits per heavy atom. The zero-order valence-electron chi connectivity index (χ0n) is 10.5. The molecule has 1 saturated heterocycles.